The zero-order chi connectivity index (χ0) is 19.6. The van der Waals surface area contributed by atoms with Crippen molar-refractivity contribution in [2.24, 2.45) is 5.92 Å². The second-order valence-corrected chi connectivity index (χ2v) is 7.31. The van der Waals surface area contributed by atoms with E-state index in [1.807, 2.05) is 23.6 Å². The SMILES string of the molecule is COc1ccc(-c2nc(CC(=O)N3CCC(C(=O)O)C3C)cs2)cc1OC. The molecule has 1 aliphatic heterocycles. The number of benzene rings is 1. The Morgan fingerprint density at radius 2 is 2.04 bits per heavy atom. The second kappa shape index (κ2) is 7.96. The minimum atomic E-state index is -0.845. The summed E-state index contributed by atoms with van der Waals surface area (Å²) >= 11 is 1.45. The van der Waals surface area contributed by atoms with Gasteiger partial charge in [0.25, 0.3) is 0 Å². The molecule has 0 radical (unpaired) electrons. The Morgan fingerprint density at radius 1 is 1.30 bits per heavy atom. The van der Waals surface area contributed by atoms with Crippen LogP contribution in [0.3, 0.4) is 0 Å². The van der Waals surface area contributed by atoms with Crippen LogP contribution in [0.4, 0.5) is 0 Å². The minimum Gasteiger partial charge on any atom is -0.493 e. The summed E-state index contributed by atoms with van der Waals surface area (Å²) in [6, 6.07) is 5.27. The minimum absolute atomic E-state index is 0.0876. The first-order chi connectivity index (χ1) is 12.9. The van der Waals surface area contributed by atoms with Gasteiger partial charge in [-0.25, -0.2) is 4.98 Å². The molecule has 2 atom stereocenters. The Kier molecular flexibility index (Phi) is 5.65. The molecule has 27 heavy (non-hydrogen) atoms. The third-order valence-electron chi connectivity index (χ3n) is 4.91. The summed E-state index contributed by atoms with van der Waals surface area (Å²) in [4.78, 5) is 30.0. The van der Waals surface area contributed by atoms with Crippen molar-refractivity contribution in [2.75, 3.05) is 20.8 Å². The Bertz CT molecular complexity index is 850. The first-order valence-corrected chi connectivity index (χ1v) is 9.51. The molecule has 1 aliphatic rings. The lowest BCUT2D eigenvalue weighted by Gasteiger charge is -2.22. The van der Waals surface area contributed by atoms with Gasteiger partial charge in [-0.15, -0.1) is 11.3 Å². The molecule has 0 bridgehead atoms. The molecule has 1 fully saturated rings. The highest BCUT2D eigenvalue weighted by molar-refractivity contribution is 7.13. The van der Waals surface area contributed by atoms with Gasteiger partial charge in [0.15, 0.2) is 11.5 Å². The average Bonchev–Trinajstić information content (AvgIpc) is 3.27. The van der Waals surface area contributed by atoms with E-state index in [-0.39, 0.29) is 18.4 Å². The summed E-state index contributed by atoms with van der Waals surface area (Å²) in [5.74, 6) is -0.165. The Morgan fingerprint density at radius 3 is 2.67 bits per heavy atom. The monoisotopic (exact) mass is 390 g/mol. The number of hydrogen-bond donors (Lipinski definition) is 1. The van der Waals surface area contributed by atoms with Crippen molar-refractivity contribution in [1.82, 2.24) is 9.88 Å². The van der Waals surface area contributed by atoms with E-state index in [9.17, 15) is 14.7 Å². The quantitative estimate of drug-likeness (QED) is 0.816. The zero-order valence-corrected chi connectivity index (χ0v) is 16.3. The molecule has 1 amide bonds. The van der Waals surface area contributed by atoms with E-state index in [1.165, 1.54) is 11.3 Å². The third-order valence-corrected chi connectivity index (χ3v) is 5.85. The van der Waals surface area contributed by atoms with Crippen molar-refractivity contribution in [3.8, 4) is 22.1 Å². The number of amides is 1. The maximum atomic E-state index is 12.6. The molecule has 7 nitrogen and oxygen atoms in total. The number of carboxylic acids is 1. The number of methoxy groups -OCH3 is 2. The summed E-state index contributed by atoms with van der Waals surface area (Å²) in [5.41, 5.74) is 1.57. The number of aliphatic carboxylic acids is 1. The maximum Gasteiger partial charge on any atom is 0.308 e. The molecule has 1 aromatic heterocycles. The van der Waals surface area contributed by atoms with Crippen molar-refractivity contribution in [2.45, 2.75) is 25.8 Å². The van der Waals surface area contributed by atoms with Gasteiger partial charge in [-0.3, -0.25) is 9.59 Å². The van der Waals surface area contributed by atoms with Crippen LogP contribution in [0.25, 0.3) is 10.6 Å². The van der Waals surface area contributed by atoms with Crippen LogP contribution in [0, 0.1) is 5.92 Å². The van der Waals surface area contributed by atoms with Crippen LogP contribution in [-0.4, -0.2) is 53.7 Å². The summed E-state index contributed by atoms with van der Waals surface area (Å²) in [6.07, 6.45) is 0.663. The van der Waals surface area contributed by atoms with Gasteiger partial charge in [-0.1, -0.05) is 0 Å². The van der Waals surface area contributed by atoms with Gasteiger partial charge >= 0.3 is 5.97 Å². The molecule has 2 unspecified atom stereocenters. The van der Waals surface area contributed by atoms with Gasteiger partial charge in [-0.05, 0) is 31.5 Å². The maximum absolute atomic E-state index is 12.6. The van der Waals surface area contributed by atoms with Crippen molar-refractivity contribution in [1.29, 1.82) is 0 Å². The van der Waals surface area contributed by atoms with Gasteiger partial charge in [0, 0.05) is 23.5 Å². The number of likely N-dealkylation sites (tertiary alicyclic amines) is 1. The highest BCUT2D eigenvalue weighted by Gasteiger charge is 2.38. The number of carboxylic acid groups (broad SMARTS) is 1. The number of hydrogen-bond acceptors (Lipinski definition) is 6. The molecule has 0 aliphatic carbocycles. The molecular weight excluding hydrogens is 368 g/mol. The number of aromatic nitrogens is 1. The molecule has 2 aromatic rings. The Hall–Kier alpha value is -2.61. The fourth-order valence-electron chi connectivity index (χ4n) is 3.37. The molecule has 2 heterocycles. The molecular formula is C19H22N2O5S. The van der Waals surface area contributed by atoms with Crippen molar-refractivity contribution >= 4 is 23.2 Å². The summed E-state index contributed by atoms with van der Waals surface area (Å²) < 4.78 is 10.6. The number of ether oxygens (including phenoxy) is 2. The molecule has 3 rings (SSSR count). The molecule has 144 valence electrons. The molecule has 1 aromatic carbocycles. The van der Waals surface area contributed by atoms with E-state index in [0.717, 1.165) is 10.6 Å². The second-order valence-electron chi connectivity index (χ2n) is 6.45. The predicted octanol–water partition coefficient (Wildman–Crippen LogP) is 2.69. The predicted molar refractivity (Wildman–Crippen MR) is 101 cm³/mol. The molecule has 0 spiro atoms. The smallest absolute Gasteiger partial charge is 0.308 e. The van der Waals surface area contributed by atoms with Gasteiger partial charge in [-0.2, -0.15) is 0 Å². The van der Waals surface area contributed by atoms with E-state index < -0.39 is 11.9 Å². The van der Waals surface area contributed by atoms with Gasteiger partial charge in [0.2, 0.25) is 5.91 Å². The van der Waals surface area contributed by atoms with E-state index in [1.54, 1.807) is 26.0 Å². The first kappa shape index (κ1) is 19.2. The number of nitrogens with zero attached hydrogens (tertiary/aromatic N) is 2. The molecule has 1 N–H and O–H groups in total. The van der Waals surface area contributed by atoms with Crippen molar-refractivity contribution in [3.05, 3.63) is 29.3 Å². The number of carbonyl (C=O) groups is 2. The lowest BCUT2D eigenvalue weighted by molar-refractivity contribution is -0.143. The fraction of sp³-hybridized carbons (Fsp3) is 0.421. The number of carbonyl (C=O) groups excluding carboxylic acids is 1. The number of thiazole rings is 1. The van der Waals surface area contributed by atoms with Crippen LogP contribution in [-0.2, 0) is 16.0 Å². The largest absolute Gasteiger partial charge is 0.493 e. The standard InChI is InChI=1S/C19H22N2O5S/c1-11-14(19(23)24)6-7-21(11)17(22)9-13-10-27-18(20-13)12-4-5-15(25-2)16(8-12)26-3/h4-5,8,10-11,14H,6-7,9H2,1-3H3,(H,23,24). The third kappa shape index (κ3) is 3.90. The van der Waals surface area contributed by atoms with Crippen LogP contribution >= 0.6 is 11.3 Å². The summed E-state index contributed by atoms with van der Waals surface area (Å²) in [7, 11) is 3.16. The summed E-state index contributed by atoms with van der Waals surface area (Å²) in [5, 5.41) is 11.9. The van der Waals surface area contributed by atoms with Gasteiger partial charge in [0.1, 0.15) is 5.01 Å². The molecule has 0 saturated carbocycles. The highest BCUT2D eigenvalue weighted by Crippen LogP contribution is 2.34. The van der Waals surface area contributed by atoms with E-state index in [0.29, 0.717) is 30.2 Å². The fourth-order valence-corrected chi connectivity index (χ4v) is 4.19. The van der Waals surface area contributed by atoms with Crippen LogP contribution in [0.1, 0.15) is 19.0 Å². The van der Waals surface area contributed by atoms with Crippen LogP contribution in [0.5, 0.6) is 11.5 Å². The Labute approximate surface area is 161 Å². The topological polar surface area (TPSA) is 89.0 Å². The Balaban J connectivity index is 1.71. The van der Waals surface area contributed by atoms with Crippen LogP contribution in [0.15, 0.2) is 23.6 Å². The van der Waals surface area contributed by atoms with E-state index >= 15 is 0 Å². The zero-order valence-electron chi connectivity index (χ0n) is 15.5. The molecule has 1 saturated heterocycles. The normalized spacial score (nSPS) is 19.1. The average molecular weight is 390 g/mol. The van der Waals surface area contributed by atoms with E-state index in [4.69, 9.17) is 9.47 Å². The van der Waals surface area contributed by atoms with Gasteiger partial charge < -0.3 is 19.5 Å². The molecule has 8 heteroatoms. The van der Waals surface area contributed by atoms with Crippen LogP contribution < -0.4 is 9.47 Å². The number of rotatable bonds is 6. The lowest BCUT2D eigenvalue weighted by atomic mass is 10.0. The lowest BCUT2D eigenvalue weighted by Crippen LogP contribution is -2.38. The van der Waals surface area contributed by atoms with Crippen molar-refractivity contribution in [3.63, 3.8) is 0 Å². The highest BCUT2D eigenvalue weighted by atomic mass is 32.1. The first-order valence-electron chi connectivity index (χ1n) is 8.63. The summed E-state index contributed by atoms with van der Waals surface area (Å²) in [6.45, 7) is 2.27. The van der Waals surface area contributed by atoms with Crippen molar-refractivity contribution < 1.29 is 24.2 Å². The van der Waals surface area contributed by atoms with E-state index in [2.05, 4.69) is 4.98 Å². The van der Waals surface area contributed by atoms with Crippen LogP contribution in [0.2, 0.25) is 0 Å². The van der Waals surface area contributed by atoms with Gasteiger partial charge in [0.05, 0.1) is 32.3 Å².